The summed E-state index contributed by atoms with van der Waals surface area (Å²) in [5.41, 5.74) is 0.972. The van der Waals surface area contributed by atoms with Crippen molar-refractivity contribution in [2.45, 2.75) is 56.9 Å². The van der Waals surface area contributed by atoms with Crippen LogP contribution >= 0.6 is 0 Å². The first kappa shape index (κ1) is 19.7. The minimum Gasteiger partial charge on any atom is -0.497 e. The smallest absolute Gasteiger partial charge is 0.345 e. The van der Waals surface area contributed by atoms with Gasteiger partial charge in [-0.3, -0.25) is 9.36 Å². The number of benzene rings is 1. The summed E-state index contributed by atoms with van der Waals surface area (Å²) in [6.45, 7) is 1.42. The van der Waals surface area contributed by atoms with E-state index >= 15 is 0 Å². The minimum atomic E-state index is 0.00318. The van der Waals surface area contributed by atoms with Crippen LogP contribution in [-0.4, -0.2) is 45.4 Å². The van der Waals surface area contributed by atoms with Gasteiger partial charge in [-0.2, -0.15) is 5.10 Å². The van der Waals surface area contributed by atoms with Crippen LogP contribution in [0.15, 0.2) is 29.1 Å². The van der Waals surface area contributed by atoms with E-state index in [9.17, 15) is 9.59 Å². The van der Waals surface area contributed by atoms with Crippen molar-refractivity contribution >= 4 is 5.91 Å². The number of ether oxygens (including phenoxy) is 1. The van der Waals surface area contributed by atoms with Gasteiger partial charge in [0, 0.05) is 32.1 Å². The van der Waals surface area contributed by atoms with Crippen LogP contribution in [0.2, 0.25) is 0 Å². The number of hydrogen-bond acceptors (Lipinski definition) is 4. The number of carbonyl (C=O) groups excluding carboxylic acids is 1. The van der Waals surface area contributed by atoms with Crippen LogP contribution < -0.4 is 10.4 Å². The number of likely N-dealkylation sites (tertiary alicyclic amines) is 1. The van der Waals surface area contributed by atoms with Crippen molar-refractivity contribution < 1.29 is 9.53 Å². The van der Waals surface area contributed by atoms with Gasteiger partial charge in [0.25, 0.3) is 0 Å². The van der Waals surface area contributed by atoms with Gasteiger partial charge in [0.1, 0.15) is 11.6 Å². The van der Waals surface area contributed by atoms with Gasteiger partial charge in [-0.25, -0.2) is 9.48 Å². The van der Waals surface area contributed by atoms with E-state index in [1.54, 1.807) is 14.2 Å². The second-order valence-electron chi connectivity index (χ2n) is 8.26. The quantitative estimate of drug-likeness (QED) is 0.776. The van der Waals surface area contributed by atoms with Gasteiger partial charge in [-0.05, 0) is 43.4 Å². The molecule has 0 bridgehead atoms. The first-order chi connectivity index (χ1) is 14.1. The van der Waals surface area contributed by atoms with E-state index in [4.69, 9.17) is 4.74 Å². The summed E-state index contributed by atoms with van der Waals surface area (Å²) in [7, 11) is 3.37. The lowest BCUT2D eigenvalue weighted by Gasteiger charge is -2.32. The summed E-state index contributed by atoms with van der Waals surface area (Å²) < 4.78 is 8.68. The maximum Gasteiger partial charge on any atom is 0.345 e. The molecule has 0 atom stereocenters. The lowest BCUT2D eigenvalue weighted by molar-refractivity contribution is -0.131. The zero-order valence-electron chi connectivity index (χ0n) is 17.3. The maximum atomic E-state index is 12.8. The van der Waals surface area contributed by atoms with Gasteiger partial charge in [-0.15, -0.1) is 0 Å². The Morgan fingerprint density at radius 2 is 1.90 bits per heavy atom. The van der Waals surface area contributed by atoms with Crippen molar-refractivity contribution in [2.24, 2.45) is 7.05 Å². The Bertz CT molecular complexity index is 918. The predicted octanol–water partition coefficient (Wildman–Crippen LogP) is 2.65. The van der Waals surface area contributed by atoms with E-state index < -0.39 is 0 Å². The molecule has 2 aliphatic rings. The van der Waals surface area contributed by atoms with Gasteiger partial charge < -0.3 is 9.64 Å². The third-order valence-electron chi connectivity index (χ3n) is 6.37. The summed E-state index contributed by atoms with van der Waals surface area (Å²) >= 11 is 0. The van der Waals surface area contributed by atoms with Crippen molar-refractivity contribution in [1.82, 2.24) is 19.2 Å². The van der Waals surface area contributed by atoms with Gasteiger partial charge in [0.2, 0.25) is 5.91 Å². The molecule has 0 N–H and O–H groups in total. The van der Waals surface area contributed by atoms with Crippen LogP contribution in [0.3, 0.4) is 0 Å². The molecule has 1 aromatic heterocycles. The molecule has 1 saturated heterocycles. The first-order valence-electron chi connectivity index (χ1n) is 10.6. The van der Waals surface area contributed by atoms with Crippen LogP contribution in [0, 0.1) is 0 Å². The van der Waals surface area contributed by atoms with Crippen molar-refractivity contribution in [2.75, 3.05) is 20.2 Å². The van der Waals surface area contributed by atoms with Crippen molar-refractivity contribution in [3.05, 3.63) is 46.1 Å². The Balaban J connectivity index is 1.41. The fourth-order valence-corrected chi connectivity index (χ4v) is 4.74. The third-order valence-corrected chi connectivity index (χ3v) is 6.37. The van der Waals surface area contributed by atoms with Crippen molar-refractivity contribution in [3.8, 4) is 5.75 Å². The molecule has 1 amide bonds. The first-order valence-corrected chi connectivity index (χ1v) is 10.6. The largest absolute Gasteiger partial charge is 0.497 e. The molecule has 156 valence electrons. The van der Waals surface area contributed by atoms with Crippen LogP contribution in [0.4, 0.5) is 0 Å². The predicted molar refractivity (Wildman–Crippen MR) is 110 cm³/mol. The van der Waals surface area contributed by atoms with Crippen LogP contribution in [-0.2, 0) is 18.3 Å². The average molecular weight is 399 g/mol. The lowest BCUT2D eigenvalue weighted by atomic mass is 9.95. The number of methoxy groups -OCH3 is 1. The number of nitrogens with zero attached hydrogens (tertiary/aromatic N) is 4. The third kappa shape index (κ3) is 4.09. The molecule has 1 aliphatic heterocycles. The molecular weight excluding hydrogens is 368 g/mol. The maximum absolute atomic E-state index is 12.8. The molecule has 2 aromatic rings. The highest BCUT2D eigenvalue weighted by Crippen LogP contribution is 2.33. The molecule has 7 heteroatoms. The number of rotatable bonds is 5. The second kappa shape index (κ2) is 8.43. The summed E-state index contributed by atoms with van der Waals surface area (Å²) in [6.07, 6.45) is 6.59. The molecule has 4 rings (SSSR count). The Kier molecular flexibility index (Phi) is 5.74. The van der Waals surface area contributed by atoms with E-state index in [-0.39, 0.29) is 17.5 Å². The highest BCUT2D eigenvalue weighted by Gasteiger charge is 2.31. The van der Waals surface area contributed by atoms with E-state index in [1.807, 2.05) is 33.7 Å². The fourth-order valence-electron chi connectivity index (χ4n) is 4.74. The normalized spacial score (nSPS) is 18.3. The van der Waals surface area contributed by atoms with E-state index in [0.29, 0.717) is 25.6 Å². The summed E-state index contributed by atoms with van der Waals surface area (Å²) in [5, 5.41) is 4.58. The standard InChI is InChI=1S/C22H30N4O3/c1-24-22(28)26(18-7-3-4-8-18)21(23-24)17-10-12-25(13-11-17)20(27)15-16-6-5-9-19(14-16)29-2/h5-6,9,14,17-18H,3-4,7-8,10-13,15H2,1-2H3. The molecule has 1 saturated carbocycles. The molecule has 0 spiro atoms. The monoisotopic (exact) mass is 398 g/mol. The van der Waals surface area contributed by atoms with Crippen molar-refractivity contribution in [1.29, 1.82) is 0 Å². The van der Waals surface area contributed by atoms with E-state index in [0.717, 1.165) is 42.8 Å². The summed E-state index contributed by atoms with van der Waals surface area (Å²) in [6, 6.07) is 7.96. The van der Waals surface area contributed by atoms with E-state index in [2.05, 4.69) is 5.10 Å². The topological polar surface area (TPSA) is 69.4 Å². The fraction of sp³-hybridized carbons (Fsp3) is 0.591. The number of aryl methyl sites for hydroxylation is 1. The average Bonchev–Trinajstić information content (AvgIpc) is 3.36. The second-order valence-corrected chi connectivity index (χ2v) is 8.26. The zero-order valence-corrected chi connectivity index (χ0v) is 17.3. The molecule has 29 heavy (non-hydrogen) atoms. The number of carbonyl (C=O) groups is 1. The van der Waals surface area contributed by atoms with Crippen LogP contribution in [0.5, 0.6) is 5.75 Å². The lowest BCUT2D eigenvalue weighted by Crippen LogP contribution is -2.39. The molecule has 7 nitrogen and oxygen atoms in total. The number of hydrogen-bond donors (Lipinski definition) is 0. The van der Waals surface area contributed by atoms with Gasteiger partial charge in [-0.1, -0.05) is 25.0 Å². The molecule has 1 aliphatic carbocycles. The highest BCUT2D eigenvalue weighted by atomic mass is 16.5. The summed E-state index contributed by atoms with van der Waals surface area (Å²) in [4.78, 5) is 27.3. The number of aromatic nitrogens is 3. The van der Waals surface area contributed by atoms with Gasteiger partial charge in [0.15, 0.2) is 0 Å². The van der Waals surface area contributed by atoms with Crippen LogP contribution in [0.25, 0.3) is 0 Å². The molecule has 0 unspecified atom stereocenters. The number of amides is 1. The Morgan fingerprint density at radius 3 is 2.59 bits per heavy atom. The Hall–Kier alpha value is -2.57. The SMILES string of the molecule is COc1cccc(CC(=O)N2CCC(c3nn(C)c(=O)n3C3CCCC3)CC2)c1. The Labute approximate surface area is 171 Å². The molecule has 2 heterocycles. The number of piperidine rings is 1. The van der Waals surface area contributed by atoms with Gasteiger partial charge >= 0.3 is 5.69 Å². The summed E-state index contributed by atoms with van der Waals surface area (Å²) in [5.74, 6) is 2.08. The molecule has 1 aromatic carbocycles. The van der Waals surface area contributed by atoms with Crippen molar-refractivity contribution in [3.63, 3.8) is 0 Å². The molecule has 2 fully saturated rings. The molecule has 0 radical (unpaired) electrons. The minimum absolute atomic E-state index is 0.00318. The Morgan fingerprint density at radius 1 is 1.17 bits per heavy atom. The van der Waals surface area contributed by atoms with Crippen LogP contribution in [0.1, 0.15) is 61.9 Å². The zero-order chi connectivity index (χ0) is 20.4. The highest BCUT2D eigenvalue weighted by molar-refractivity contribution is 5.79. The van der Waals surface area contributed by atoms with Gasteiger partial charge in [0.05, 0.1) is 13.5 Å². The van der Waals surface area contributed by atoms with E-state index in [1.165, 1.54) is 17.5 Å². The molecular formula is C22H30N4O3.